The number of hydrogen-bond donors (Lipinski definition) is 1. The lowest BCUT2D eigenvalue weighted by Crippen LogP contribution is -2.29. The molecule has 3 aromatic rings. The van der Waals surface area contributed by atoms with Gasteiger partial charge < -0.3 is 14.8 Å². The van der Waals surface area contributed by atoms with Crippen molar-refractivity contribution in [3.63, 3.8) is 0 Å². The van der Waals surface area contributed by atoms with E-state index in [1.807, 2.05) is 42.9 Å². The molecule has 1 N–H and O–H groups in total. The second-order valence-electron chi connectivity index (χ2n) is 8.13. The summed E-state index contributed by atoms with van der Waals surface area (Å²) in [4.78, 5) is 11.0. The van der Waals surface area contributed by atoms with E-state index in [2.05, 4.69) is 70.0 Å². The van der Waals surface area contributed by atoms with E-state index in [-0.39, 0.29) is 17.6 Å². The molecule has 0 spiro atoms. The zero-order valence-corrected chi connectivity index (χ0v) is 17.2. The van der Waals surface area contributed by atoms with Crippen LogP contribution in [0.15, 0.2) is 67.4 Å². The Morgan fingerprint density at radius 2 is 1.86 bits per heavy atom. The SMILES string of the molecule is CC(C)(C)n1ccc([C@@H]2[C@H](c3ccccn3)NC(=S)N2Cc2ccncc2)c1. The topological polar surface area (TPSA) is 46.0 Å². The minimum absolute atomic E-state index is 0.00588. The maximum absolute atomic E-state index is 5.74. The first kappa shape index (κ1) is 18.6. The third-order valence-electron chi connectivity index (χ3n) is 5.13. The third kappa shape index (κ3) is 3.64. The maximum atomic E-state index is 5.74. The van der Waals surface area contributed by atoms with Crippen LogP contribution in [0.2, 0.25) is 0 Å². The molecule has 6 heteroatoms. The first-order valence-corrected chi connectivity index (χ1v) is 9.89. The van der Waals surface area contributed by atoms with Crippen molar-refractivity contribution in [1.82, 2.24) is 24.8 Å². The van der Waals surface area contributed by atoms with Crippen molar-refractivity contribution in [3.8, 4) is 0 Å². The average molecular weight is 392 g/mol. The van der Waals surface area contributed by atoms with E-state index in [1.165, 1.54) is 11.1 Å². The number of hydrogen-bond acceptors (Lipinski definition) is 3. The molecule has 0 bridgehead atoms. The van der Waals surface area contributed by atoms with Gasteiger partial charge in [-0.3, -0.25) is 9.97 Å². The standard InChI is InChI=1S/C22H25N5S/c1-22(2,3)26-13-9-17(15-26)20-19(18-6-4-5-10-24-18)25-21(28)27(20)14-16-7-11-23-12-8-16/h4-13,15,19-20H,14H2,1-3H3,(H,25,28)/t19-,20+/m0/s1. The van der Waals surface area contributed by atoms with E-state index in [4.69, 9.17) is 12.2 Å². The van der Waals surface area contributed by atoms with Gasteiger partial charge in [-0.05, 0) is 74.4 Å². The number of aromatic nitrogens is 3. The minimum atomic E-state index is 0.00588. The Kier molecular flexibility index (Phi) is 4.89. The predicted molar refractivity (Wildman–Crippen MR) is 115 cm³/mol. The fourth-order valence-electron chi connectivity index (χ4n) is 3.63. The molecule has 1 aliphatic heterocycles. The van der Waals surface area contributed by atoms with Crippen molar-refractivity contribution in [2.45, 2.75) is 44.9 Å². The fourth-order valence-corrected chi connectivity index (χ4v) is 3.93. The largest absolute Gasteiger partial charge is 0.352 e. The molecule has 144 valence electrons. The summed E-state index contributed by atoms with van der Waals surface area (Å²) in [6.07, 6.45) is 9.86. The summed E-state index contributed by atoms with van der Waals surface area (Å²) in [6.45, 7) is 7.35. The van der Waals surface area contributed by atoms with Gasteiger partial charge in [0.25, 0.3) is 0 Å². The molecule has 5 nitrogen and oxygen atoms in total. The summed E-state index contributed by atoms with van der Waals surface area (Å²) in [5.74, 6) is 0. The Balaban J connectivity index is 1.74. The lowest BCUT2D eigenvalue weighted by atomic mass is 9.98. The molecule has 0 amide bonds. The summed E-state index contributed by atoms with van der Waals surface area (Å²) < 4.78 is 2.25. The highest BCUT2D eigenvalue weighted by Gasteiger charge is 2.40. The number of pyridine rings is 2. The lowest BCUT2D eigenvalue weighted by Gasteiger charge is -2.28. The normalized spacial score (nSPS) is 19.7. The van der Waals surface area contributed by atoms with Crippen molar-refractivity contribution >= 4 is 17.3 Å². The van der Waals surface area contributed by atoms with Crippen molar-refractivity contribution < 1.29 is 0 Å². The van der Waals surface area contributed by atoms with Crippen LogP contribution in [0.25, 0.3) is 0 Å². The molecule has 28 heavy (non-hydrogen) atoms. The Labute approximate surface area is 171 Å². The molecule has 0 radical (unpaired) electrons. The molecule has 1 fully saturated rings. The van der Waals surface area contributed by atoms with Gasteiger partial charge in [0.2, 0.25) is 0 Å². The molecule has 1 saturated heterocycles. The molecule has 4 heterocycles. The lowest BCUT2D eigenvalue weighted by molar-refractivity contribution is 0.309. The highest BCUT2D eigenvalue weighted by atomic mass is 32.1. The maximum Gasteiger partial charge on any atom is 0.170 e. The van der Waals surface area contributed by atoms with Crippen LogP contribution in [-0.2, 0) is 12.1 Å². The average Bonchev–Trinajstić information content (AvgIpc) is 3.29. The number of nitrogens with zero attached hydrogens (tertiary/aromatic N) is 4. The number of rotatable bonds is 4. The highest BCUT2D eigenvalue weighted by molar-refractivity contribution is 7.80. The van der Waals surface area contributed by atoms with Gasteiger partial charge in [-0.1, -0.05) is 6.07 Å². The molecule has 3 aromatic heterocycles. The second-order valence-corrected chi connectivity index (χ2v) is 8.52. The monoisotopic (exact) mass is 391 g/mol. The summed E-state index contributed by atoms with van der Waals surface area (Å²) in [7, 11) is 0. The van der Waals surface area contributed by atoms with Crippen molar-refractivity contribution in [1.29, 1.82) is 0 Å². The van der Waals surface area contributed by atoms with Gasteiger partial charge in [-0.25, -0.2) is 0 Å². The van der Waals surface area contributed by atoms with Gasteiger partial charge in [0.15, 0.2) is 5.11 Å². The molecule has 0 aromatic carbocycles. The molecular weight excluding hydrogens is 366 g/mol. The van der Waals surface area contributed by atoms with Crippen LogP contribution in [0.4, 0.5) is 0 Å². The van der Waals surface area contributed by atoms with Gasteiger partial charge in [0, 0.05) is 43.1 Å². The Bertz CT molecular complexity index is 946. The Hall–Kier alpha value is -2.73. The molecule has 1 aliphatic rings. The van der Waals surface area contributed by atoms with Gasteiger partial charge in [-0.15, -0.1) is 0 Å². The molecule has 2 atom stereocenters. The zero-order valence-electron chi connectivity index (χ0n) is 16.4. The zero-order chi connectivity index (χ0) is 19.7. The van der Waals surface area contributed by atoms with E-state index < -0.39 is 0 Å². The van der Waals surface area contributed by atoms with E-state index in [0.717, 1.165) is 17.4 Å². The molecule has 0 aliphatic carbocycles. The van der Waals surface area contributed by atoms with E-state index >= 15 is 0 Å². The first-order valence-electron chi connectivity index (χ1n) is 9.49. The van der Waals surface area contributed by atoms with Crippen LogP contribution in [0.1, 0.15) is 49.7 Å². The summed E-state index contributed by atoms with van der Waals surface area (Å²) in [6, 6.07) is 12.4. The van der Waals surface area contributed by atoms with Crippen molar-refractivity contribution in [2.75, 3.05) is 0 Å². The third-order valence-corrected chi connectivity index (χ3v) is 5.48. The van der Waals surface area contributed by atoms with E-state index in [9.17, 15) is 0 Å². The van der Waals surface area contributed by atoms with Crippen LogP contribution >= 0.6 is 12.2 Å². The highest BCUT2D eigenvalue weighted by Crippen LogP contribution is 2.40. The van der Waals surface area contributed by atoms with Crippen LogP contribution in [0, 0.1) is 0 Å². The number of thiocarbonyl (C=S) groups is 1. The predicted octanol–water partition coefficient (Wildman–Crippen LogP) is 4.21. The molecule has 0 unspecified atom stereocenters. The smallest absolute Gasteiger partial charge is 0.170 e. The summed E-state index contributed by atoms with van der Waals surface area (Å²) in [5.41, 5.74) is 3.44. The summed E-state index contributed by atoms with van der Waals surface area (Å²) >= 11 is 5.74. The first-order chi connectivity index (χ1) is 13.4. The molecular formula is C22H25N5S. The molecule has 4 rings (SSSR count). The van der Waals surface area contributed by atoms with Gasteiger partial charge in [0.05, 0.1) is 17.8 Å². The van der Waals surface area contributed by atoms with Crippen LogP contribution in [0.3, 0.4) is 0 Å². The Morgan fingerprint density at radius 3 is 2.50 bits per heavy atom. The Morgan fingerprint density at radius 1 is 1.07 bits per heavy atom. The van der Waals surface area contributed by atoms with Gasteiger partial charge >= 0.3 is 0 Å². The molecule has 0 saturated carbocycles. The number of nitrogens with one attached hydrogen (secondary N) is 1. The van der Waals surface area contributed by atoms with Crippen LogP contribution in [-0.4, -0.2) is 24.5 Å². The van der Waals surface area contributed by atoms with Gasteiger partial charge in [-0.2, -0.15) is 0 Å². The second kappa shape index (κ2) is 7.36. The quantitative estimate of drug-likeness (QED) is 0.675. The van der Waals surface area contributed by atoms with Crippen molar-refractivity contribution in [2.24, 2.45) is 0 Å². The fraction of sp³-hybridized carbons (Fsp3) is 0.318. The van der Waals surface area contributed by atoms with Gasteiger partial charge in [0.1, 0.15) is 0 Å². The van der Waals surface area contributed by atoms with E-state index in [1.54, 1.807) is 0 Å². The van der Waals surface area contributed by atoms with Crippen LogP contribution < -0.4 is 5.32 Å². The minimum Gasteiger partial charge on any atom is -0.352 e. The van der Waals surface area contributed by atoms with E-state index in [0.29, 0.717) is 0 Å². The summed E-state index contributed by atoms with van der Waals surface area (Å²) in [5, 5.41) is 4.26. The van der Waals surface area contributed by atoms with Crippen LogP contribution in [0.5, 0.6) is 0 Å². The van der Waals surface area contributed by atoms with Crippen molar-refractivity contribution in [3.05, 3.63) is 84.2 Å².